The predicted octanol–water partition coefficient (Wildman–Crippen LogP) is 4.92. The zero-order valence-electron chi connectivity index (χ0n) is 16.5. The van der Waals surface area contributed by atoms with Crippen molar-refractivity contribution in [2.24, 2.45) is 0 Å². The number of nitrogens with zero attached hydrogens (tertiary/aromatic N) is 1. The third kappa shape index (κ3) is 20.6. The summed E-state index contributed by atoms with van der Waals surface area (Å²) in [4.78, 5) is 23.5. The molecule has 0 fully saturated rings. The molecule has 0 atom stereocenters. The second-order valence-corrected chi connectivity index (χ2v) is 6.98. The van der Waals surface area contributed by atoms with Gasteiger partial charge >= 0.3 is 57.4 Å². The van der Waals surface area contributed by atoms with Crippen LogP contribution in [0.4, 0.5) is 0 Å². The van der Waals surface area contributed by atoms with Gasteiger partial charge in [-0.15, -0.1) is 0 Å². The van der Waals surface area contributed by atoms with Gasteiger partial charge < -0.3 is 10.0 Å². The van der Waals surface area contributed by atoms with E-state index in [2.05, 4.69) is 19.1 Å². The third-order valence-electron chi connectivity index (χ3n) is 4.45. The quantitative estimate of drug-likeness (QED) is 0.217. The van der Waals surface area contributed by atoms with Crippen LogP contribution in [0.2, 0.25) is 0 Å². The van der Waals surface area contributed by atoms with Crippen LogP contribution < -0.4 is 0 Å². The van der Waals surface area contributed by atoms with Gasteiger partial charge in [-0.05, 0) is 32.1 Å². The maximum atomic E-state index is 11.7. The summed E-state index contributed by atoms with van der Waals surface area (Å²) < 4.78 is 0. The molecule has 26 heavy (non-hydrogen) atoms. The number of hydrogen-bond donors (Lipinski definition) is 1. The predicted molar refractivity (Wildman–Crippen MR) is 112 cm³/mol. The fourth-order valence-corrected chi connectivity index (χ4v) is 2.83. The maximum absolute atomic E-state index is 11.7. The molecular formula is C21H40KNO3. The van der Waals surface area contributed by atoms with E-state index < -0.39 is 5.97 Å². The number of carboxylic acid groups (broad SMARTS) is 1. The van der Waals surface area contributed by atoms with Crippen molar-refractivity contribution in [1.29, 1.82) is 0 Å². The molecule has 1 N–H and O–H groups in total. The van der Waals surface area contributed by atoms with Crippen LogP contribution in [0.5, 0.6) is 0 Å². The summed E-state index contributed by atoms with van der Waals surface area (Å²) in [5.74, 6) is -1.02. The Bertz CT molecular complexity index is 372. The average molecular weight is 394 g/mol. The van der Waals surface area contributed by atoms with Gasteiger partial charge in [0, 0.05) is 13.5 Å². The Morgan fingerprint density at radius 3 is 1.77 bits per heavy atom. The number of rotatable bonds is 17. The molecule has 0 aliphatic carbocycles. The molecule has 0 saturated heterocycles. The fraction of sp³-hybridized carbons (Fsp3) is 0.810. The molecule has 4 nitrogen and oxygen atoms in total. The average Bonchev–Trinajstić information content (AvgIpc) is 2.57. The van der Waals surface area contributed by atoms with Gasteiger partial charge in [-0.3, -0.25) is 9.59 Å². The number of likely N-dealkylation sites (N-methyl/N-ethyl adjacent to an activating group) is 1. The Hall–Kier alpha value is 0.316. The normalized spacial score (nSPS) is 10.7. The second-order valence-electron chi connectivity index (χ2n) is 6.98. The Morgan fingerprint density at radius 1 is 0.808 bits per heavy atom. The van der Waals surface area contributed by atoms with Gasteiger partial charge in [-0.1, -0.05) is 70.4 Å². The SMILES string of the molecule is CCCCCCC=CCCCCCCCCCC(=O)N(C)CC(=O)O.[KH]. The molecule has 148 valence electrons. The van der Waals surface area contributed by atoms with E-state index in [9.17, 15) is 9.59 Å². The number of carboxylic acids is 1. The minimum atomic E-state index is -0.956. The van der Waals surface area contributed by atoms with Crippen molar-refractivity contribution in [3.05, 3.63) is 12.2 Å². The van der Waals surface area contributed by atoms with Gasteiger partial charge in [0.25, 0.3) is 0 Å². The summed E-state index contributed by atoms with van der Waals surface area (Å²) >= 11 is 0. The summed E-state index contributed by atoms with van der Waals surface area (Å²) in [6.45, 7) is 2.04. The summed E-state index contributed by atoms with van der Waals surface area (Å²) in [5, 5.41) is 8.64. The van der Waals surface area contributed by atoms with Crippen molar-refractivity contribution < 1.29 is 14.7 Å². The zero-order chi connectivity index (χ0) is 18.8. The number of allylic oxidation sites excluding steroid dienone is 2. The van der Waals surface area contributed by atoms with E-state index in [-0.39, 0.29) is 63.8 Å². The monoisotopic (exact) mass is 393 g/mol. The molecule has 0 aliphatic heterocycles. The molecule has 0 aromatic carbocycles. The van der Waals surface area contributed by atoms with E-state index >= 15 is 0 Å². The molecule has 5 heteroatoms. The molecule has 0 aromatic rings. The van der Waals surface area contributed by atoms with Crippen LogP contribution in [0.3, 0.4) is 0 Å². The van der Waals surface area contributed by atoms with Crippen molar-refractivity contribution in [1.82, 2.24) is 4.90 Å². The van der Waals surface area contributed by atoms with E-state index in [4.69, 9.17) is 5.11 Å². The standard InChI is InChI=1S/C21H39NO3.K.H/c1-3-4-5-6-7-8-9-10-11-12-13-14-15-16-17-18-20(23)22(2)19-21(24)25;;/h8-9H,3-7,10-19H2,1-2H3,(H,24,25);;. The number of hydrogen-bond acceptors (Lipinski definition) is 2. The zero-order valence-corrected chi connectivity index (χ0v) is 16.5. The van der Waals surface area contributed by atoms with E-state index in [1.54, 1.807) is 7.05 Å². The van der Waals surface area contributed by atoms with Crippen LogP contribution in [0.15, 0.2) is 12.2 Å². The fourth-order valence-electron chi connectivity index (χ4n) is 2.83. The van der Waals surface area contributed by atoms with Gasteiger partial charge in [-0.2, -0.15) is 0 Å². The van der Waals surface area contributed by atoms with Crippen LogP contribution in [0.1, 0.15) is 96.8 Å². The van der Waals surface area contributed by atoms with Crippen LogP contribution in [0.25, 0.3) is 0 Å². The Morgan fingerprint density at radius 2 is 1.27 bits per heavy atom. The number of carbonyl (C=O) groups excluding carboxylic acids is 1. The molecular weight excluding hydrogens is 353 g/mol. The molecule has 0 heterocycles. The summed E-state index contributed by atoms with van der Waals surface area (Å²) in [6.07, 6.45) is 21.1. The van der Waals surface area contributed by atoms with E-state index in [0.717, 1.165) is 12.8 Å². The van der Waals surface area contributed by atoms with E-state index in [1.807, 2.05) is 0 Å². The molecule has 0 saturated carbocycles. The first-order valence-corrected chi connectivity index (χ1v) is 10.2. The van der Waals surface area contributed by atoms with Crippen molar-refractivity contribution >= 4 is 63.3 Å². The molecule has 0 aliphatic rings. The van der Waals surface area contributed by atoms with Gasteiger partial charge in [-0.25, -0.2) is 0 Å². The molecule has 0 aromatic heterocycles. The summed E-state index contributed by atoms with van der Waals surface area (Å²) in [7, 11) is 1.55. The van der Waals surface area contributed by atoms with E-state index in [1.165, 1.54) is 75.5 Å². The third-order valence-corrected chi connectivity index (χ3v) is 4.45. The summed E-state index contributed by atoms with van der Waals surface area (Å²) in [6, 6.07) is 0. The number of aliphatic carboxylic acids is 1. The van der Waals surface area contributed by atoms with Crippen molar-refractivity contribution in [3.8, 4) is 0 Å². The minimum absolute atomic E-state index is 0. The topological polar surface area (TPSA) is 57.6 Å². The summed E-state index contributed by atoms with van der Waals surface area (Å²) in [5.41, 5.74) is 0. The Balaban J connectivity index is 0. The molecule has 1 amide bonds. The van der Waals surface area contributed by atoms with Crippen LogP contribution in [-0.4, -0.2) is 86.9 Å². The number of amides is 1. The van der Waals surface area contributed by atoms with Gasteiger partial charge in [0.2, 0.25) is 5.91 Å². The second kappa shape index (κ2) is 21.6. The number of carbonyl (C=O) groups is 2. The molecule has 0 bridgehead atoms. The van der Waals surface area contributed by atoms with E-state index in [0.29, 0.717) is 6.42 Å². The van der Waals surface area contributed by atoms with Gasteiger partial charge in [0.05, 0.1) is 0 Å². The first-order valence-electron chi connectivity index (χ1n) is 10.2. The van der Waals surface area contributed by atoms with Gasteiger partial charge in [0.1, 0.15) is 6.54 Å². The molecule has 0 radical (unpaired) electrons. The Kier molecular flexibility index (Phi) is 23.7. The van der Waals surface area contributed by atoms with Crippen molar-refractivity contribution in [2.45, 2.75) is 96.8 Å². The van der Waals surface area contributed by atoms with Gasteiger partial charge in [0.15, 0.2) is 0 Å². The molecule has 0 rings (SSSR count). The number of unbranched alkanes of at least 4 members (excludes halogenated alkanes) is 11. The van der Waals surface area contributed by atoms with Crippen molar-refractivity contribution in [3.63, 3.8) is 0 Å². The van der Waals surface area contributed by atoms with Crippen LogP contribution in [0, 0.1) is 0 Å². The Labute approximate surface area is 203 Å². The molecule has 0 spiro atoms. The van der Waals surface area contributed by atoms with Crippen LogP contribution >= 0.6 is 0 Å². The van der Waals surface area contributed by atoms with Crippen molar-refractivity contribution in [2.75, 3.05) is 13.6 Å². The first kappa shape index (κ1) is 28.5. The first-order chi connectivity index (χ1) is 12.1. The molecule has 0 unspecified atom stereocenters. The van der Waals surface area contributed by atoms with Crippen LogP contribution in [-0.2, 0) is 9.59 Å².